The normalized spacial score (nSPS) is 7.26. The Bertz CT molecular complexity index is 201. The molecule has 0 radical (unpaired) electrons. The molecule has 0 saturated carbocycles. The van der Waals surface area contributed by atoms with Gasteiger partial charge in [-0.2, -0.15) is 0 Å². The topological polar surface area (TPSA) is 68.3 Å². The van der Waals surface area contributed by atoms with E-state index in [1.54, 1.807) is 0 Å². The molecule has 0 atom stereocenters. The second-order valence-corrected chi connectivity index (χ2v) is 14.2. The Balaban J connectivity index is -0.0000000401. The molecular weight excluding hydrogens is 320 g/mol. The summed E-state index contributed by atoms with van der Waals surface area (Å²) in [5.41, 5.74) is 6.82. The van der Waals surface area contributed by atoms with Crippen LogP contribution in [0.15, 0.2) is 0 Å². The van der Waals surface area contributed by atoms with E-state index in [-0.39, 0.29) is 17.1 Å². The molecule has 0 aliphatic carbocycles. The third-order valence-corrected chi connectivity index (χ3v) is 2.81. The van der Waals surface area contributed by atoms with E-state index in [9.17, 15) is 0 Å². The molecule has 0 bridgehead atoms. The Hall–Kier alpha value is -0.807. The zero-order valence-electron chi connectivity index (χ0n) is 12.8. The van der Waals surface area contributed by atoms with Crippen LogP contribution in [-0.4, -0.2) is 43.3 Å². The van der Waals surface area contributed by atoms with Crippen LogP contribution >= 0.6 is 0 Å². The largest absolute Gasteiger partial charge is 0.307 e. The molecule has 4 nitrogen and oxygen atoms in total. The van der Waals surface area contributed by atoms with Crippen molar-refractivity contribution in [1.82, 2.24) is 0 Å². The molecule has 0 heterocycles. The molecule has 0 aromatic rings. The van der Waals surface area contributed by atoms with E-state index in [0.717, 1.165) is 0 Å². The predicted octanol–water partition coefficient (Wildman–Crippen LogP) is 2.00. The van der Waals surface area contributed by atoms with Crippen molar-refractivity contribution in [3.63, 3.8) is 0 Å². The van der Waals surface area contributed by atoms with Crippen LogP contribution in [0.5, 0.6) is 0 Å². The summed E-state index contributed by atoms with van der Waals surface area (Å²) in [6.45, 7) is 21.8. The molecular formula is C12H26FeO4Si2. The molecule has 0 spiro atoms. The average molecular weight is 346 g/mol. The first-order chi connectivity index (χ1) is 8.21. The van der Waals surface area contributed by atoms with Crippen LogP contribution < -0.4 is 0 Å². The summed E-state index contributed by atoms with van der Waals surface area (Å²) < 4.78 is 0. The van der Waals surface area contributed by atoms with E-state index < -0.39 is 16.1 Å². The number of hydrogen-bond donors (Lipinski definition) is 0. The van der Waals surface area contributed by atoms with E-state index in [1.165, 1.54) is 0 Å². The number of rotatable bonds is 0. The zero-order valence-corrected chi connectivity index (χ0v) is 15.9. The average Bonchev–Trinajstić information content (AvgIpc) is 2.35. The van der Waals surface area contributed by atoms with Gasteiger partial charge in [-0.25, -0.2) is 0 Å². The third kappa shape index (κ3) is 103. The smallest absolute Gasteiger partial charge is 0.128 e. The molecule has 19 heavy (non-hydrogen) atoms. The fourth-order valence-corrected chi connectivity index (χ4v) is 3.38. The van der Waals surface area contributed by atoms with Crippen molar-refractivity contribution < 1.29 is 36.2 Å². The molecule has 0 aliphatic heterocycles. The van der Waals surface area contributed by atoms with Crippen LogP contribution in [0.3, 0.4) is 0 Å². The molecule has 0 N–H and O–H groups in total. The molecule has 0 saturated heterocycles. The first-order valence-corrected chi connectivity index (χ1v) is 11.9. The van der Waals surface area contributed by atoms with Crippen LogP contribution in [0.4, 0.5) is 0 Å². The third-order valence-electron chi connectivity index (χ3n) is 0.812. The first kappa shape index (κ1) is 36.2. The Morgan fingerprint density at radius 1 is 0.526 bits per heavy atom. The minimum absolute atomic E-state index is 0. The van der Waals surface area contributed by atoms with Crippen LogP contribution in [-0.2, 0) is 36.2 Å². The molecule has 114 valence electrons. The second-order valence-electron chi connectivity index (χ2n) is 4.75. The zero-order chi connectivity index (χ0) is 16.4. The van der Waals surface area contributed by atoms with Gasteiger partial charge >= 0.3 is 0 Å². The fourth-order valence-electron chi connectivity index (χ4n) is 0.375. The first-order valence-electron chi connectivity index (χ1n) is 4.90. The minimum atomic E-state index is -1.09. The summed E-state index contributed by atoms with van der Waals surface area (Å²) in [5, 5.41) is 0. The van der Waals surface area contributed by atoms with Gasteiger partial charge in [0.1, 0.15) is 43.3 Å². The maximum absolute atomic E-state index is 8.00. The molecule has 0 amide bonds. The van der Waals surface area contributed by atoms with Crippen LogP contribution in [0.1, 0.15) is 0 Å². The van der Waals surface area contributed by atoms with Gasteiger partial charge in [0.05, 0.1) is 0 Å². The van der Waals surface area contributed by atoms with Gasteiger partial charge in [0.2, 0.25) is 0 Å². The van der Waals surface area contributed by atoms with Gasteiger partial charge in [0.25, 0.3) is 0 Å². The van der Waals surface area contributed by atoms with E-state index in [1.807, 2.05) is 27.2 Å². The summed E-state index contributed by atoms with van der Waals surface area (Å²) in [6.07, 6.45) is 0. The number of carbonyl (C=O) groups is 4. The van der Waals surface area contributed by atoms with Gasteiger partial charge < -0.3 is 19.2 Å². The van der Waals surface area contributed by atoms with Crippen molar-refractivity contribution in [2.75, 3.05) is 0 Å². The van der Waals surface area contributed by atoms with Crippen molar-refractivity contribution in [2.45, 2.75) is 39.3 Å². The maximum atomic E-state index is 8.00. The SMILES string of the molecule is C=O.C=O.C=O.C=O.C[Si](C)(C)C#C[Si](C)(C)C.[Fe]. The summed E-state index contributed by atoms with van der Waals surface area (Å²) in [6, 6.07) is 0. The fraction of sp³-hybridized carbons (Fsp3) is 0.500. The second kappa shape index (κ2) is 25.9. The van der Waals surface area contributed by atoms with Crippen LogP contribution in [0.25, 0.3) is 0 Å². The van der Waals surface area contributed by atoms with Gasteiger partial charge in [-0.05, 0) is 0 Å². The van der Waals surface area contributed by atoms with Gasteiger partial charge in [0.15, 0.2) is 0 Å². The number of hydrogen-bond acceptors (Lipinski definition) is 4. The maximum Gasteiger partial charge on any atom is 0.128 e. The minimum Gasteiger partial charge on any atom is -0.307 e. The molecule has 0 unspecified atom stereocenters. The Kier molecular flexibility index (Phi) is 49.3. The van der Waals surface area contributed by atoms with E-state index in [2.05, 4.69) is 50.4 Å². The Labute approximate surface area is 130 Å². The van der Waals surface area contributed by atoms with Gasteiger partial charge in [-0.3, -0.25) is 0 Å². The van der Waals surface area contributed by atoms with Gasteiger partial charge in [0, 0.05) is 17.1 Å². The van der Waals surface area contributed by atoms with Crippen LogP contribution in [0.2, 0.25) is 39.3 Å². The van der Waals surface area contributed by atoms with Crippen molar-refractivity contribution in [2.24, 2.45) is 0 Å². The Morgan fingerprint density at radius 2 is 0.632 bits per heavy atom. The van der Waals surface area contributed by atoms with Gasteiger partial charge in [-0.15, -0.1) is 11.1 Å². The molecule has 0 aromatic carbocycles. The molecule has 0 fully saturated rings. The van der Waals surface area contributed by atoms with E-state index in [0.29, 0.717) is 0 Å². The standard InChI is InChI=1S/C8H18Si2.4CH2O.Fe/c1-9(2,3)7-8-10(4,5)6;4*1-2;/h1-6H3;4*1H2;. The van der Waals surface area contributed by atoms with E-state index in [4.69, 9.17) is 19.2 Å². The summed E-state index contributed by atoms with van der Waals surface area (Å²) in [4.78, 5) is 32.0. The summed E-state index contributed by atoms with van der Waals surface area (Å²) >= 11 is 0. The quantitative estimate of drug-likeness (QED) is 0.497. The molecule has 0 aromatic heterocycles. The van der Waals surface area contributed by atoms with Crippen molar-refractivity contribution in [3.05, 3.63) is 0 Å². The molecule has 0 rings (SSSR count). The Morgan fingerprint density at radius 3 is 0.684 bits per heavy atom. The number of carbonyl (C=O) groups excluding carboxylic acids is 4. The van der Waals surface area contributed by atoms with Crippen molar-refractivity contribution in [1.29, 1.82) is 0 Å². The van der Waals surface area contributed by atoms with Crippen molar-refractivity contribution >= 4 is 43.3 Å². The van der Waals surface area contributed by atoms with Crippen LogP contribution in [0, 0.1) is 11.1 Å². The predicted molar refractivity (Wildman–Crippen MR) is 83.0 cm³/mol. The summed E-state index contributed by atoms with van der Waals surface area (Å²) in [5.74, 6) is 0. The van der Waals surface area contributed by atoms with Crippen molar-refractivity contribution in [3.8, 4) is 11.1 Å². The monoisotopic (exact) mass is 346 g/mol. The van der Waals surface area contributed by atoms with E-state index >= 15 is 0 Å². The molecule has 0 aliphatic rings. The summed E-state index contributed by atoms with van der Waals surface area (Å²) in [7, 11) is -2.19. The molecule has 7 heteroatoms. The van der Waals surface area contributed by atoms with Gasteiger partial charge in [-0.1, -0.05) is 39.3 Å².